The maximum Gasteiger partial charge on any atom is 0.416 e. The second-order valence-electron chi connectivity index (χ2n) is 5.81. The van der Waals surface area contributed by atoms with E-state index in [4.69, 9.17) is 4.52 Å². The third kappa shape index (κ3) is 4.82. The highest BCUT2D eigenvalue weighted by Crippen LogP contribution is 2.29. The molecule has 0 radical (unpaired) electrons. The summed E-state index contributed by atoms with van der Waals surface area (Å²) >= 11 is 0. The zero-order chi connectivity index (χ0) is 17.0. The lowest BCUT2D eigenvalue weighted by atomic mass is 10.0. The van der Waals surface area contributed by atoms with Crippen LogP contribution in [0.25, 0.3) is 0 Å². The lowest BCUT2D eigenvalue weighted by molar-refractivity contribution is -0.137. The van der Waals surface area contributed by atoms with Gasteiger partial charge in [-0.2, -0.15) is 13.2 Å². The molecular formula is C17H21F3N2O. The number of aromatic nitrogens is 1. The van der Waals surface area contributed by atoms with Gasteiger partial charge in [-0.3, -0.25) is 0 Å². The number of hydrogen-bond donors (Lipinski definition) is 1. The maximum absolute atomic E-state index is 12.7. The monoisotopic (exact) mass is 326 g/mol. The van der Waals surface area contributed by atoms with E-state index in [1.165, 1.54) is 12.1 Å². The minimum atomic E-state index is -4.30. The average molecular weight is 326 g/mol. The first kappa shape index (κ1) is 17.5. The SMILES string of the molecule is Cc1noc(C)c1CCN[C@@H](C)Cc1cccc(C(F)(F)F)c1. The summed E-state index contributed by atoms with van der Waals surface area (Å²) in [7, 11) is 0. The molecule has 23 heavy (non-hydrogen) atoms. The highest BCUT2D eigenvalue weighted by Gasteiger charge is 2.30. The van der Waals surface area contributed by atoms with Crippen molar-refractivity contribution in [1.29, 1.82) is 0 Å². The van der Waals surface area contributed by atoms with Crippen LogP contribution in [0.3, 0.4) is 0 Å². The van der Waals surface area contributed by atoms with E-state index in [1.54, 1.807) is 6.07 Å². The fourth-order valence-electron chi connectivity index (χ4n) is 2.60. The number of nitrogens with one attached hydrogen (secondary N) is 1. The second kappa shape index (κ2) is 7.17. The van der Waals surface area contributed by atoms with Crippen molar-refractivity contribution in [3.63, 3.8) is 0 Å². The second-order valence-corrected chi connectivity index (χ2v) is 5.81. The van der Waals surface area contributed by atoms with E-state index in [1.807, 2.05) is 20.8 Å². The minimum absolute atomic E-state index is 0.0824. The largest absolute Gasteiger partial charge is 0.416 e. The summed E-state index contributed by atoms with van der Waals surface area (Å²) in [6.07, 6.45) is -2.96. The van der Waals surface area contributed by atoms with Crippen LogP contribution in [0.5, 0.6) is 0 Å². The molecule has 1 aromatic heterocycles. The van der Waals surface area contributed by atoms with Gasteiger partial charge in [-0.05, 0) is 51.8 Å². The van der Waals surface area contributed by atoms with Gasteiger partial charge in [0.15, 0.2) is 0 Å². The molecule has 1 atom stereocenters. The molecule has 1 aromatic carbocycles. The summed E-state index contributed by atoms with van der Waals surface area (Å²) in [6.45, 7) is 6.47. The Morgan fingerprint density at radius 1 is 1.26 bits per heavy atom. The Bertz CT molecular complexity index is 630. The Morgan fingerprint density at radius 3 is 2.61 bits per heavy atom. The van der Waals surface area contributed by atoms with E-state index in [9.17, 15) is 13.2 Å². The van der Waals surface area contributed by atoms with E-state index < -0.39 is 11.7 Å². The highest BCUT2D eigenvalue weighted by atomic mass is 19.4. The molecular weight excluding hydrogens is 305 g/mol. The third-order valence-corrected chi connectivity index (χ3v) is 3.85. The molecule has 0 aliphatic carbocycles. The van der Waals surface area contributed by atoms with Crippen LogP contribution in [0.15, 0.2) is 28.8 Å². The van der Waals surface area contributed by atoms with Gasteiger partial charge in [-0.15, -0.1) is 0 Å². The number of benzene rings is 1. The van der Waals surface area contributed by atoms with Gasteiger partial charge in [0.25, 0.3) is 0 Å². The van der Waals surface area contributed by atoms with Crippen LogP contribution in [0, 0.1) is 13.8 Å². The van der Waals surface area contributed by atoms with Crippen LogP contribution in [0.4, 0.5) is 13.2 Å². The first-order valence-electron chi connectivity index (χ1n) is 7.58. The van der Waals surface area contributed by atoms with Gasteiger partial charge in [0, 0.05) is 11.6 Å². The van der Waals surface area contributed by atoms with Crippen molar-refractivity contribution in [3.05, 3.63) is 52.4 Å². The van der Waals surface area contributed by atoms with Crippen molar-refractivity contribution >= 4 is 0 Å². The number of alkyl halides is 3. The van der Waals surface area contributed by atoms with Gasteiger partial charge in [0.1, 0.15) is 5.76 Å². The van der Waals surface area contributed by atoms with E-state index >= 15 is 0 Å². The third-order valence-electron chi connectivity index (χ3n) is 3.85. The van der Waals surface area contributed by atoms with E-state index in [2.05, 4.69) is 10.5 Å². The molecule has 0 saturated heterocycles. The number of nitrogens with zero attached hydrogens (tertiary/aromatic N) is 1. The van der Waals surface area contributed by atoms with Gasteiger partial charge in [-0.25, -0.2) is 0 Å². The first-order valence-corrected chi connectivity index (χ1v) is 7.58. The number of hydrogen-bond acceptors (Lipinski definition) is 3. The molecule has 1 N–H and O–H groups in total. The highest BCUT2D eigenvalue weighted by molar-refractivity contribution is 5.26. The van der Waals surface area contributed by atoms with Crippen molar-refractivity contribution in [2.45, 2.75) is 45.8 Å². The molecule has 126 valence electrons. The molecule has 6 heteroatoms. The van der Waals surface area contributed by atoms with E-state index in [0.29, 0.717) is 12.0 Å². The summed E-state index contributed by atoms with van der Waals surface area (Å²) in [4.78, 5) is 0. The fourth-order valence-corrected chi connectivity index (χ4v) is 2.60. The fraction of sp³-hybridized carbons (Fsp3) is 0.471. The Balaban J connectivity index is 1.87. The first-order chi connectivity index (χ1) is 10.8. The van der Waals surface area contributed by atoms with Crippen molar-refractivity contribution in [2.24, 2.45) is 0 Å². The van der Waals surface area contributed by atoms with Crippen molar-refractivity contribution in [2.75, 3.05) is 6.54 Å². The molecule has 0 aliphatic heterocycles. The Hall–Kier alpha value is -1.82. The summed E-state index contributed by atoms with van der Waals surface area (Å²) in [5.74, 6) is 0.815. The average Bonchev–Trinajstić information content (AvgIpc) is 2.78. The molecule has 0 unspecified atom stereocenters. The van der Waals surface area contributed by atoms with Crippen molar-refractivity contribution in [3.8, 4) is 0 Å². The molecule has 3 nitrogen and oxygen atoms in total. The molecule has 2 aromatic rings. The molecule has 0 aliphatic rings. The smallest absolute Gasteiger partial charge is 0.361 e. The molecule has 1 heterocycles. The molecule has 0 fully saturated rings. The van der Waals surface area contributed by atoms with Crippen LogP contribution in [-0.4, -0.2) is 17.7 Å². The molecule has 0 spiro atoms. The summed E-state index contributed by atoms with van der Waals surface area (Å²) in [5, 5.41) is 7.24. The molecule has 2 rings (SSSR count). The Morgan fingerprint density at radius 2 is 2.00 bits per heavy atom. The van der Waals surface area contributed by atoms with Crippen LogP contribution >= 0.6 is 0 Å². The summed E-state index contributed by atoms with van der Waals surface area (Å²) in [6, 6.07) is 5.57. The van der Waals surface area contributed by atoms with E-state index in [-0.39, 0.29) is 6.04 Å². The van der Waals surface area contributed by atoms with Crippen LogP contribution in [0.2, 0.25) is 0 Å². The predicted octanol–water partition coefficient (Wildman–Crippen LogP) is 4.07. The molecule has 0 amide bonds. The van der Waals surface area contributed by atoms with Crippen LogP contribution < -0.4 is 5.32 Å². The number of rotatable bonds is 6. The Kier molecular flexibility index (Phi) is 5.46. The standard InChI is InChI=1S/C17H21F3N2O/c1-11(21-8-7-16-12(2)22-23-13(16)3)9-14-5-4-6-15(10-14)17(18,19)20/h4-6,10-11,21H,7-9H2,1-3H3/t11-/m0/s1. The van der Waals surface area contributed by atoms with Gasteiger partial charge >= 0.3 is 6.18 Å². The normalized spacial score (nSPS) is 13.3. The number of halogens is 3. The quantitative estimate of drug-likeness (QED) is 0.869. The predicted molar refractivity (Wildman–Crippen MR) is 82.3 cm³/mol. The lowest BCUT2D eigenvalue weighted by Crippen LogP contribution is -2.30. The van der Waals surface area contributed by atoms with Gasteiger partial charge < -0.3 is 9.84 Å². The van der Waals surface area contributed by atoms with Crippen LogP contribution in [-0.2, 0) is 19.0 Å². The zero-order valence-corrected chi connectivity index (χ0v) is 13.5. The lowest BCUT2D eigenvalue weighted by Gasteiger charge is -2.15. The maximum atomic E-state index is 12.7. The molecule has 0 bridgehead atoms. The van der Waals surface area contributed by atoms with Crippen LogP contribution in [0.1, 0.15) is 35.1 Å². The van der Waals surface area contributed by atoms with Gasteiger partial charge in [0.2, 0.25) is 0 Å². The van der Waals surface area contributed by atoms with E-state index in [0.717, 1.165) is 36.0 Å². The molecule has 0 saturated carbocycles. The Labute approximate surface area is 133 Å². The summed E-state index contributed by atoms with van der Waals surface area (Å²) in [5.41, 5.74) is 2.05. The number of aryl methyl sites for hydroxylation is 2. The van der Waals surface area contributed by atoms with Gasteiger partial charge in [0.05, 0.1) is 11.3 Å². The van der Waals surface area contributed by atoms with Gasteiger partial charge in [-0.1, -0.05) is 23.4 Å². The zero-order valence-electron chi connectivity index (χ0n) is 13.5. The van der Waals surface area contributed by atoms with Crippen molar-refractivity contribution in [1.82, 2.24) is 10.5 Å². The summed E-state index contributed by atoms with van der Waals surface area (Å²) < 4.78 is 43.2. The minimum Gasteiger partial charge on any atom is -0.361 e. The topological polar surface area (TPSA) is 38.1 Å². The van der Waals surface area contributed by atoms with Crippen molar-refractivity contribution < 1.29 is 17.7 Å².